The Morgan fingerprint density at radius 1 is 1.32 bits per heavy atom. The molecule has 1 atom stereocenters. The molecule has 5 heteroatoms. The average Bonchev–Trinajstić information content (AvgIpc) is 2.53. The Hall–Kier alpha value is -2.17. The fraction of sp³-hybridized carbons (Fsp3) is 0.412. The van der Waals surface area contributed by atoms with Gasteiger partial charge in [0.25, 0.3) is 0 Å². The van der Waals surface area contributed by atoms with Gasteiger partial charge in [0.2, 0.25) is 5.91 Å². The zero-order valence-electron chi connectivity index (χ0n) is 13.2. The predicted octanol–water partition coefficient (Wildman–Crippen LogP) is 3.03. The van der Waals surface area contributed by atoms with Gasteiger partial charge in [-0.15, -0.1) is 0 Å². The van der Waals surface area contributed by atoms with Crippen LogP contribution in [-0.4, -0.2) is 36.5 Å². The molecular formula is C17H22FNO3. The highest BCUT2D eigenvalue weighted by Gasteiger charge is 2.17. The maximum absolute atomic E-state index is 12.8. The Bertz CT molecular complexity index is 525. The number of halogens is 1. The smallest absolute Gasteiger partial charge is 0.307 e. The van der Waals surface area contributed by atoms with E-state index in [-0.39, 0.29) is 30.2 Å². The molecule has 0 saturated heterocycles. The van der Waals surface area contributed by atoms with Crippen LogP contribution in [0.4, 0.5) is 4.39 Å². The van der Waals surface area contributed by atoms with Crippen LogP contribution in [0, 0.1) is 5.82 Å². The summed E-state index contributed by atoms with van der Waals surface area (Å²) in [5.74, 6) is -0.839. The lowest BCUT2D eigenvalue weighted by atomic mass is 10.1. The van der Waals surface area contributed by atoms with E-state index in [1.165, 1.54) is 25.3 Å². The van der Waals surface area contributed by atoms with Crippen LogP contribution in [0.3, 0.4) is 0 Å². The van der Waals surface area contributed by atoms with Gasteiger partial charge in [0.15, 0.2) is 0 Å². The molecule has 0 fully saturated rings. The monoisotopic (exact) mass is 307 g/mol. The quantitative estimate of drug-likeness (QED) is 0.574. The van der Waals surface area contributed by atoms with Gasteiger partial charge in [0.1, 0.15) is 5.82 Å². The van der Waals surface area contributed by atoms with Crippen molar-refractivity contribution in [3.05, 3.63) is 41.7 Å². The number of amides is 1. The summed E-state index contributed by atoms with van der Waals surface area (Å²) in [5.41, 5.74) is 0.742. The third-order valence-corrected chi connectivity index (χ3v) is 3.48. The van der Waals surface area contributed by atoms with Crippen molar-refractivity contribution in [2.45, 2.75) is 32.7 Å². The first-order valence-electron chi connectivity index (χ1n) is 7.29. The van der Waals surface area contributed by atoms with Crippen LogP contribution in [0.15, 0.2) is 30.3 Å². The molecule has 1 aromatic carbocycles. The lowest BCUT2D eigenvalue weighted by molar-refractivity contribution is -0.141. The summed E-state index contributed by atoms with van der Waals surface area (Å²) in [5, 5.41) is 0. The third-order valence-electron chi connectivity index (χ3n) is 3.48. The highest BCUT2D eigenvalue weighted by atomic mass is 19.1. The minimum Gasteiger partial charge on any atom is -0.469 e. The molecule has 0 saturated carbocycles. The molecule has 1 aromatic rings. The first kappa shape index (κ1) is 17.9. The number of carbonyl (C=O) groups is 2. The molecule has 1 rings (SSSR count). The lowest BCUT2D eigenvalue weighted by Gasteiger charge is -2.27. The third kappa shape index (κ3) is 5.68. The fourth-order valence-corrected chi connectivity index (χ4v) is 1.92. The first-order valence-corrected chi connectivity index (χ1v) is 7.29. The molecular weight excluding hydrogens is 285 g/mol. The Labute approximate surface area is 130 Å². The number of rotatable bonds is 7. The largest absolute Gasteiger partial charge is 0.469 e. The SMILES string of the molecule is CCC(C)N(CCC(=O)OC)C(=O)/C=C/c1ccc(F)cc1. The molecule has 0 spiro atoms. The molecule has 1 amide bonds. The van der Waals surface area contributed by atoms with Crippen molar-refractivity contribution in [3.8, 4) is 0 Å². The van der Waals surface area contributed by atoms with Crippen molar-refractivity contribution in [1.82, 2.24) is 4.90 Å². The molecule has 0 aromatic heterocycles. The van der Waals surface area contributed by atoms with E-state index in [1.807, 2.05) is 13.8 Å². The second kappa shape index (κ2) is 8.97. The maximum atomic E-state index is 12.8. The number of carbonyl (C=O) groups excluding carboxylic acids is 2. The van der Waals surface area contributed by atoms with Crippen molar-refractivity contribution in [3.63, 3.8) is 0 Å². The second-order valence-corrected chi connectivity index (χ2v) is 5.00. The van der Waals surface area contributed by atoms with E-state index in [9.17, 15) is 14.0 Å². The van der Waals surface area contributed by atoms with Crippen LogP contribution in [0.25, 0.3) is 6.08 Å². The van der Waals surface area contributed by atoms with E-state index in [0.717, 1.165) is 12.0 Å². The van der Waals surface area contributed by atoms with Crippen LogP contribution in [0.1, 0.15) is 32.3 Å². The molecule has 0 heterocycles. The molecule has 22 heavy (non-hydrogen) atoms. The van der Waals surface area contributed by atoms with Gasteiger partial charge in [-0.1, -0.05) is 19.1 Å². The van der Waals surface area contributed by atoms with Crippen molar-refractivity contribution in [2.75, 3.05) is 13.7 Å². The maximum Gasteiger partial charge on any atom is 0.307 e. The Kier molecular flexibility index (Phi) is 7.29. The van der Waals surface area contributed by atoms with Crippen LogP contribution in [-0.2, 0) is 14.3 Å². The minimum absolute atomic E-state index is 0.0232. The van der Waals surface area contributed by atoms with E-state index in [4.69, 9.17) is 0 Å². The van der Waals surface area contributed by atoms with Crippen molar-refractivity contribution >= 4 is 18.0 Å². The normalized spacial score (nSPS) is 12.2. The van der Waals surface area contributed by atoms with E-state index in [1.54, 1.807) is 23.1 Å². The van der Waals surface area contributed by atoms with Gasteiger partial charge in [-0.3, -0.25) is 9.59 Å². The summed E-state index contributed by atoms with van der Waals surface area (Å²) < 4.78 is 17.4. The highest BCUT2D eigenvalue weighted by molar-refractivity contribution is 5.92. The summed E-state index contributed by atoms with van der Waals surface area (Å²) in [4.78, 5) is 25.2. The first-order chi connectivity index (χ1) is 10.5. The van der Waals surface area contributed by atoms with E-state index in [0.29, 0.717) is 6.54 Å². The second-order valence-electron chi connectivity index (χ2n) is 5.00. The molecule has 0 bridgehead atoms. The highest BCUT2D eigenvalue weighted by Crippen LogP contribution is 2.09. The molecule has 0 aliphatic heterocycles. The van der Waals surface area contributed by atoms with E-state index < -0.39 is 0 Å². The Morgan fingerprint density at radius 2 is 1.95 bits per heavy atom. The number of hydrogen-bond donors (Lipinski definition) is 0. The summed E-state index contributed by atoms with van der Waals surface area (Å²) in [6.07, 6.45) is 4.03. The molecule has 1 unspecified atom stereocenters. The van der Waals surface area contributed by atoms with Crippen LogP contribution >= 0.6 is 0 Å². The van der Waals surface area contributed by atoms with Gasteiger partial charge in [-0.05, 0) is 37.1 Å². The van der Waals surface area contributed by atoms with E-state index >= 15 is 0 Å². The molecule has 4 nitrogen and oxygen atoms in total. The van der Waals surface area contributed by atoms with Gasteiger partial charge in [0.05, 0.1) is 13.5 Å². The predicted molar refractivity (Wildman–Crippen MR) is 83.5 cm³/mol. The van der Waals surface area contributed by atoms with Gasteiger partial charge in [0, 0.05) is 18.7 Å². The zero-order chi connectivity index (χ0) is 16.5. The topological polar surface area (TPSA) is 46.6 Å². The van der Waals surface area contributed by atoms with Crippen LogP contribution < -0.4 is 0 Å². The number of ether oxygens (including phenoxy) is 1. The molecule has 120 valence electrons. The van der Waals surface area contributed by atoms with Gasteiger partial charge in [-0.2, -0.15) is 0 Å². The summed E-state index contributed by atoms with van der Waals surface area (Å²) in [6, 6.07) is 5.90. The Morgan fingerprint density at radius 3 is 2.50 bits per heavy atom. The van der Waals surface area contributed by atoms with Crippen LogP contribution in [0.2, 0.25) is 0 Å². The Balaban J connectivity index is 2.74. The van der Waals surface area contributed by atoms with Crippen molar-refractivity contribution < 1.29 is 18.7 Å². The standard InChI is InChI=1S/C17H22FNO3/c1-4-13(2)19(12-11-17(21)22-3)16(20)10-7-14-5-8-15(18)9-6-14/h5-10,13H,4,11-12H2,1-3H3/b10-7+. The number of methoxy groups -OCH3 is 1. The fourth-order valence-electron chi connectivity index (χ4n) is 1.92. The van der Waals surface area contributed by atoms with Gasteiger partial charge in [-0.25, -0.2) is 4.39 Å². The lowest BCUT2D eigenvalue weighted by Crippen LogP contribution is -2.38. The molecule has 0 N–H and O–H groups in total. The zero-order valence-corrected chi connectivity index (χ0v) is 13.2. The number of nitrogens with zero attached hydrogens (tertiary/aromatic N) is 1. The molecule has 0 aliphatic carbocycles. The molecule has 0 aliphatic rings. The van der Waals surface area contributed by atoms with Gasteiger partial charge < -0.3 is 9.64 Å². The van der Waals surface area contributed by atoms with Gasteiger partial charge >= 0.3 is 5.97 Å². The minimum atomic E-state index is -0.344. The van der Waals surface area contributed by atoms with E-state index in [2.05, 4.69) is 4.74 Å². The van der Waals surface area contributed by atoms with Crippen molar-refractivity contribution in [2.24, 2.45) is 0 Å². The average molecular weight is 307 g/mol. The summed E-state index contributed by atoms with van der Waals surface area (Å²) >= 11 is 0. The number of hydrogen-bond acceptors (Lipinski definition) is 3. The summed E-state index contributed by atoms with van der Waals surface area (Å²) in [7, 11) is 1.33. The summed E-state index contributed by atoms with van der Waals surface area (Å²) in [6.45, 7) is 4.22. The van der Waals surface area contributed by atoms with Crippen LogP contribution in [0.5, 0.6) is 0 Å². The molecule has 0 radical (unpaired) electrons. The number of esters is 1. The number of benzene rings is 1. The van der Waals surface area contributed by atoms with Crippen molar-refractivity contribution in [1.29, 1.82) is 0 Å².